The van der Waals surface area contributed by atoms with Crippen LogP contribution in [0.15, 0.2) is 27.9 Å². The molecule has 3 rings (SSSR count). The van der Waals surface area contributed by atoms with Gasteiger partial charge in [-0.2, -0.15) is 0 Å². The molecule has 1 saturated heterocycles. The standard InChI is InChI=1S/C13H16N4O6S2/c18-12(15-8-3-4-24(20,21)7-8)6-14-25(22,23)9-1-2-10-11(5-9)17-13(19)16-10/h1-2,5,8,14H,3-4,6-7H2,(H,15,18)(H2,16,17,19). The van der Waals surface area contributed by atoms with E-state index in [0.717, 1.165) is 0 Å². The largest absolute Gasteiger partial charge is 0.351 e. The number of H-pyrrole nitrogens is 2. The maximum absolute atomic E-state index is 12.2. The first-order valence-corrected chi connectivity index (χ1v) is 10.7. The van der Waals surface area contributed by atoms with E-state index in [-0.39, 0.29) is 16.4 Å². The minimum atomic E-state index is -3.96. The number of imidazole rings is 1. The molecule has 1 aliphatic rings. The van der Waals surface area contributed by atoms with Gasteiger partial charge >= 0.3 is 5.69 Å². The van der Waals surface area contributed by atoms with Gasteiger partial charge in [-0.15, -0.1) is 0 Å². The van der Waals surface area contributed by atoms with Crippen molar-refractivity contribution in [3.05, 3.63) is 28.7 Å². The molecule has 0 saturated carbocycles. The topological polar surface area (TPSA) is 158 Å². The minimum absolute atomic E-state index is 0.0125. The Bertz CT molecular complexity index is 1080. The zero-order chi connectivity index (χ0) is 18.2. The van der Waals surface area contributed by atoms with Gasteiger partial charge < -0.3 is 15.3 Å². The molecule has 4 N–H and O–H groups in total. The van der Waals surface area contributed by atoms with Crippen molar-refractivity contribution in [3.8, 4) is 0 Å². The second-order valence-corrected chi connectivity index (χ2v) is 9.77. The van der Waals surface area contributed by atoms with Crippen molar-refractivity contribution in [1.82, 2.24) is 20.0 Å². The van der Waals surface area contributed by atoms with E-state index in [4.69, 9.17) is 0 Å². The lowest BCUT2D eigenvalue weighted by atomic mass is 10.2. The third kappa shape index (κ3) is 4.08. The van der Waals surface area contributed by atoms with Gasteiger partial charge in [0.25, 0.3) is 0 Å². The van der Waals surface area contributed by atoms with Crippen molar-refractivity contribution in [2.75, 3.05) is 18.1 Å². The van der Waals surface area contributed by atoms with E-state index in [9.17, 15) is 26.4 Å². The molecule has 1 unspecified atom stereocenters. The predicted molar refractivity (Wildman–Crippen MR) is 89.3 cm³/mol. The van der Waals surface area contributed by atoms with Crippen LogP contribution in [0, 0.1) is 0 Å². The summed E-state index contributed by atoms with van der Waals surface area (Å²) in [5, 5.41) is 2.49. The number of nitrogens with one attached hydrogen (secondary N) is 4. The Labute approximate surface area is 143 Å². The minimum Gasteiger partial charge on any atom is -0.351 e. The third-order valence-corrected chi connectivity index (χ3v) is 6.98. The summed E-state index contributed by atoms with van der Waals surface area (Å²) in [6, 6.07) is 3.52. The summed E-state index contributed by atoms with van der Waals surface area (Å²) in [6.07, 6.45) is 0.318. The summed E-state index contributed by atoms with van der Waals surface area (Å²) in [5.41, 5.74) is 0.334. The van der Waals surface area contributed by atoms with Crippen LogP contribution in [-0.2, 0) is 24.7 Å². The average Bonchev–Trinajstić information content (AvgIpc) is 3.05. The van der Waals surface area contributed by atoms with Gasteiger partial charge in [0.15, 0.2) is 9.84 Å². The van der Waals surface area contributed by atoms with Crippen LogP contribution in [0.4, 0.5) is 0 Å². The van der Waals surface area contributed by atoms with Gasteiger partial charge in [0.2, 0.25) is 15.9 Å². The number of carbonyl (C=O) groups excluding carboxylic acids is 1. The number of hydrogen-bond donors (Lipinski definition) is 4. The number of sulfone groups is 1. The van der Waals surface area contributed by atoms with E-state index in [1.807, 2.05) is 0 Å². The molecule has 136 valence electrons. The molecule has 25 heavy (non-hydrogen) atoms. The van der Waals surface area contributed by atoms with Crippen molar-refractivity contribution in [2.24, 2.45) is 0 Å². The fourth-order valence-electron chi connectivity index (χ4n) is 2.61. The number of fused-ring (bicyclic) bond motifs is 1. The zero-order valence-electron chi connectivity index (χ0n) is 12.9. The lowest BCUT2D eigenvalue weighted by molar-refractivity contribution is -0.120. The van der Waals surface area contributed by atoms with Crippen LogP contribution in [0.5, 0.6) is 0 Å². The summed E-state index contributed by atoms with van der Waals surface area (Å²) >= 11 is 0. The molecule has 1 amide bonds. The molecule has 0 radical (unpaired) electrons. The zero-order valence-corrected chi connectivity index (χ0v) is 14.5. The SMILES string of the molecule is O=C(CNS(=O)(=O)c1ccc2[nH]c(=O)[nH]c2c1)NC1CCS(=O)(=O)C1. The first kappa shape index (κ1) is 17.6. The third-order valence-electron chi connectivity index (χ3n) is 3.82. The molecule has 1 aromatic heterocycles. The molecular weight excluding hydrogens is 372 g/mol. The Morgan fingerprint density at radius 3 is 2.64 bits per heavy atom. The van der Waals surface area contributed by atoms with Gasteiger partial charge in [-0.1, -0.05) is 0 Å². The van der Waals surface area contributed by atoms with Gasteiger partial charge in [0.1, 0.15) is 0 Å². The monoisotopic (exact) mass is 388 g/mol. The summed E-state index contributed by atoms with van der Waals surface area (Å²) in [5.74, 6) is -0.733. The highest BCUT2D eigenvalue weighted by atomic mass is 32.2. The number of benzene rings is 1. The predicted octanol–water partition coefficient (Wildman–Crippen LogP) is -1.56. The molecule has 1 aliphatic heterocycles. The van der Waals surface area contributed by atoms with Crippen LogP contribution in [0.25, 0.3) is 11.0 Å². The highest BCUT2D eigenvalue weighted by molar-refractivity contribution is 7.91. The molecule has 1 fully saturated rings. The van der Waals surface area contributed by atoms with E-state index < -0.39 is 44.0 Å². The van der Waals surface area contributed by atoms with Crippen molar-refractivity contribution in [2.45, 2.75) is 17.4 Å². The van der Waals surface area contributed by atoms with Crippen LogP contribution < -0.4 is 15.7 Å². The molecular formula is C13H16N4O6S2. The van der Waals surface area contributed by atoms with E-state index in [2.05, 4.69) is 20.0 Å². The van der Waals surface area contributed by atoms with Crippen molar-refractivity contribution in [1.29, 1.82) is 0 Å². The molecule has 0 bridgehead atoms. The number of sulfonamides is 1. The molecule has 0 aliphatic carbocycles. The van der Waals surface area contributed by atoms with E-state index >= 15 is 0 Å². The molecule has 1 atom stereocenters. The summed E-state index contributed by atoms with van der Waals surface area (Å²) < 4.78 is 49.3. The number of aromatic amines is 2. The lowest BCUT2D eigenvalue weighted by Gasteiger charge is -2.11. The molecule has 10 nitrogen and oxygen atoms in total. The van der Waals surface area contributed by atoms with Gasteiger partial charge in [0, 0.05) is 6.04 Å². The van der Waals surface area contributed by atoms with E-state index in [0.29, 0.717) is 17.5 Å². The Kier molecular flexibility index (Phi) is 4.43. The van der Waals surface area contributed by atoms with Crippen molar-refractivity contribution < 1.29 is 21.6 Å². The summed E-state index contributed by atoms with van der Waals surface area (Å²) in [4.78, 5) is 27.9. The fraction of sp³-hybridized carbons (Fsp3) is 0.385. The average molecular weight is 388 g/mol. The van der Waals surface area contributed by atoms with Gasteiger partial charge in [-0.25, -0.2) is 26.4 Å². The highest BCUT2D eigenvalue weighted by Gasteiger charge is 2.29. The summed E-state index contributed by atoms with van der Waals surface area (Å²) in [6.45, 7) is -0.513. The molecule has 2 heterocycles. The molecule has 1 aromatic carbocycles. The number of aromatic nitrogens is 2. The number of hydrogen-bond acceptors (Lipinski definition) is 6. The van der Waals surface area contributed by atoms with Crippen molar-refractivity contribution >= 4 is 36.8 Å². The van der Waals surface area contributed by atoms with Gasteiger partial charge in [-0.3, -0.25) is 4.79 Å². The fourth-order valence-corrected chi connectivity index (χ4v) is 5.29. The van der Waals surface area contributed by atoms with E-state index in [1.165, 1.54) is 18.2 Å². The Balaban J connectivity index is 1.64. The maximum Gasteiger partial charge on any atom is 0.323 e. The normalized spacial score (nSPS) is 19.9. The highest BCUT2D eigenvalue weighted by Crippen LogP contribution is 2.15. The van der Waals surface area contributed by atoms with Crippen LogP contribution in [-0.4, -0.2) is 56.8 Å². The van der Waals surface area contributed by atoms with Gasteiger partial charge in [-0.05, 0) is 24.6 Å². The van der Waals surface area contributed by atoms with Crippen LogP contribution in [0.1, 0.15) is 6.42 Å². The van der Waals surface area contributed by atoms with Crippen LogP contribution in [0.2, 0.25) is 0 Å². The Morgan fingerprint density at radius 2 is 1.96 bits per heavy atom. The lowest BCUT2D eigenvalue weighted by Crippen LogP contribution is -2.42. The second kappa shape index (κ2) is 6.28. The molecule has 0 spiro atoms. The van der Waals surface area contributed by atoms with E-state index in [1.54, 1.807) is 0 Å². The number of carbonyl (C=O) groups is 1. The summed E-state index contributed by atoms with van der Waals surface area (Å²) in [7, 11) is -7.09. The quantitative estimate of drug-likeness (QED) is 0.485. The first-order chi connectivity index (χ1) is 11.6. The number of rotatable bonds is 5. The maximum atomic E-state index is 12.2. The Hall–Kier alpha value is -2.18. The smallest absolute Gasteiger partial charge is 0.323 e. The first-order valence-electron chi connectivity index (χ1n) is 7.36. The number of amides is 1. The van der Waals surface area contributed by atoms with Crippen LogP contribution >= 0.6 is 0 Å². The Morgan fingerprint density at radius 1 is 1.24 bits per heavy atom. The second-order valence-electron chi connectivity index (χ2n) is 5.78. The van der Waals surface area contributed by atoms with Crippen LogP contribution in [0.3, 0.4) is 0 Å². The van der Waals surface area contributed by atoms with Crippen molar-refractivity contribution in [3.63, 3.8) is 0 Å². The molecule has 2 aromatic rings. The van der Waals surface area contributed by atoms with Gasteiger partial charge in [0.05, 0.1) is 34.0 Å². The molecule has 12 heteroatoms.